The molecule has 3 heterocycles. The first-order valence-electron chi connectivity index (χ1n) is 10.9. The van der Waals surface area contributed by atoms with Crippen molar-refractivity contribution in [2.45, 2.75) is 76.3 Å². The zero-order chi connectivity index (χ0) is 19.6. The average molecular weight is 396 g/mol. The van der Waals surface area contributed by atoms with Gasteiger partial charge in [0.25, 0.3) is 12.7 Å². The molecule has 0 aromatic carbocycles. The minimum Gasteiger partial charge on any atom is -0.255 e. The van der Waals surface area contributed by atoms with Crippen LogP contribution in [0, 0.1) is 0 Å². The first-order chi connectivity index (χ1) is 14.3. The van der Waals surface area contributed by atoms with E-state index in [1.807, 2.05) is 34.2 Å². The Morgan fingerprint density at radius 2 is 1.34 bits per heavy atom. The lowest BCUT2D eigenvalue weighted by molar-refractivity contribution is -0.725. The van der Waals surface area contributed by atoms with Crippen LogP contribution in [0.15, 0.2) is 42.2 Å². The van der Waals surface area contributed by atoms with E-state index < -0.39 is 0 Å². The maximum absolute atomic E-state index is 12.2. The summed E-state index contributed by atoms with van der Waals surface area (Å²) in [5.41, 5.74) is -0.388. The van der Waals surface area contributed by atoms with Gasteiger partial charge in [0.1, 0.15) is 36.9 Å². The number of hydrogen-bond donors (Lipinski definition) is 1. The van der Waals surface area contributed by atoms with Crippen molar-refractivity contribution in [3.8, 4) is 11.9 Å². The fraction of sp³-hybridized carbons (Fsp3) is 0.571. The molecular formula is C21H29N7O+2. The van der Waals surface area contributed by atoms with Crippen molar-refractivity contribution >= 4 is 0 Å². The molecule has 0 spiro atoms. The molecule has 2 fully saturated rings. The van der Waals surface area contributed by atoms with Gasteiger partial charge < -0.3 is 0 Å². The molecule has 8 nitrogen and oxygen atoms in total. The van der Waals surface area contributed by atoms with Gasteiger partial charge in [-0.25, -0.2) is 13.9 Å². The zero-order valence-electron chi connectivity index (χ0n) is 16.8. The largest absolute Gasteiger partial charge is 0.354 e. The van der Waals surface area contributed by atoms with Gasteiger partial charge in [0.15, 0.2) is 0 Å². The molecule has 0 atom stereocenters. The van der Waals surface area contributed by atoms with Gasteiger partial charge >= 0.3 is 17.6 Å². The molecule has 5 rings (SSSR count). The second-order valence-electron chi connectivity index (χ2n) is 8.40. The summed E-state index contributed by atoms with van der Waals surface area (Å²) in [5, 5.41) is 0. The summed E-state index contributed by atoms with van der Waals surface area (Å²) in [6.07, 6.45) is 24.7. The van der Waals surface area contributed by atoms with Crippen LogP contribution in [-0.2, 0) is 0 Å². The van der Waals surface area contributed by atoms with Crippen molar-refractivity contribution in [3.63, 3.8) is 0 Å². The third kappa shape index (κ3) is 3.88. The number of H-pyrrole nitrogens is 1. The topological polar surface area (TPSA) is 76.3 Å². The second kappa shape index (κ2) is 7.93. The Labute approximate surface area is 169 Å². The highest BCUT2D eigenvalue weighted by molar-refractivity contribution is 5.16. The molecule has 8 heteroatoms. The van der Waals surface area contributed by atoms with Crippen molar-refractivity contribution in [1.29, 1.82) is 0 Å². The molecule has 0 radical (unpaired) electrons. The van der Waals surface area contributed by atoms with Crippen molar-refractivity contribution in [2.24, 2.45) is 0 Å². The van der Waals surface area contributed by atoms with Gasteiger partial charge in [0, 0.05) is 0 Å². The number of aromatic nitrogens is 7. The average Bonchev–Trinajstić information content (AvgIpc) is 3.45. The molecule has 0 aliphatic heterocycles. The van der Waals surface area contributed by atoms with Gasteiger partial charge in [0.05, 0.1) is 0 Å². The summed E-state index contributed by atoms with van der Waals surface area (Å²) in [7, 11) is 0. The number of imidazole rings is 2. The SMILES string of the molecule is O=c1nc(-n2cc[n+](C3CCCCC3)c2)nc(-n2cc[n+](C3CCCCC3)c2)[nH]1. The van der Waals surface area contributed by atoms with Gasteiger partial charge in [-0.05, 0) is 51.4 Å². The predicted molar refractivity (Wildman–Crippen MR) is 106 cm³/mol. The van der Waals surface area contributed by atoms with E-state index in [0.717, 1.165) is 0 Å². The molecule has 0 amide bonds. The van der Waals surface area contributed by atoms with Crippen LogP contribution in [0.1, 0.15) is 76.3 Å². The third-order valence-electron chi connectivity index (χ3n) is 6.41. The van der Waals surface area contributed by atoms with Crippen LogP contribution in [0.3, 0.4) is 0 Å². The van der Waals surface area contributed by atoms with Crippen molar-refractivity contribution in [2.75, 3.05) is 0 Å². The van der Waals surface area contributed by atoms with E-state index in [2.05, 4.69) is 36.5 Å². The highest BCUT2D eigenvalue weighted by Crippen LogP contribution is 2.24. The van der Waals surface area contributed by atoms with Gasteiger partial charge in [0.2, 0.25) is 0 Å². The molecule has 3 aromatic rings. The zero-order valence-corrected chi connectivity index (χ0v) is 16.8. The van der Waals surface area contributed by atoms with Crippen LogP contribution >= 0.6 is 0 Å². The van der Waals surface area contributed by atoms with E-state index >= 15 is 0 Å². The van der Waals surface area contributed by atoms with E-state index in [0.29, 0.717) is 24.0 Å². The van der Waals surface area contributed by atoms with E-state index in [1.165, 1.54) is 64.2 Å². The lowest BCUT2D eigenvalue weighted by Gasteiger charge is -2.18. The number of rotatable bonds is 4. The summed E-state index contributed by atoms with van der Waals surface area (Å²) >= 11 is 0. The maximum atomic E-state index is 12.2. The number of hydrogen-bond acceptors (Lipinski definition) is 3. The molecule has 29 heavy (non-hydrogen) atoms. The molecule has 0 unspecified atom stereocenters. The smallest absolute Gasteiger partial charge is 0.255 e. The lowest BCUT2D eigenvalue weighted by atomic mass is 9.95. The summed E-state index contributed by atoms with van der Waals surface area (Å²) < 4.78 is 8.19. The second-order valence-corrected chi connectivity index (χ2v) is 8.40. The molecule has 2 saturated carbocycles. The van der Waals surface area contributed by atoms with Crippen LogP contribution in [0.2, 0.25) is 0 Å². The quantitative estimate of drug-likeness (QED) is 0.689. The molecular weight excluding hydrogens is 366 g/mol. The van der Waals surface area contributed by atoms with E-state index in [4.69, 9.17) is 0 Å². The van der Waals surface area contributed by atoms with Gasteiger partial charge in [-0.15, -0.1) is 9.97 Å². The molecule has 2 aliphatic carbocycles. The Hall–Kier alpha value is -2.77. The van der Waals surface area contributed by atoms with Crippen LogP contribution in [0.5, 0.6) is 0 Å². The normalized spacial score (nSPS) is 18.9. The Morgan fingerprint density at radius 1 is 0.793 bits per heavy atom. The highest BCUT2D eigenvalue weighted by Gasteiger charge is 2.23. The summed E-state index contributed by atoms with van der Waals surface area (Å²) in [6.45, 7) is 0. The van der Waals surface area contributed by atoms with E-state index in [1.54, 1.807) is 0 Å². The first kappa shape index (κ1) is 18.3. The standard InChI is InChI=1S/C21H28N7O/c29-21-23-19(27-13-11-25(15-27)17-7-3-1-4-8-17)22-20(24-21)28-14-12-26(16-28)18-9-5-2-6-10-18/h11-18H,1-10H2/q+1/p+1. The minimum atomic E-state index is -0.388. The molecule has 2 aliphatic rings. The Kier molecular flexibility index (Phi) is 4.99. The monoisotopic (exact) mass is 395 g/mol. The maximum Gasteiger partial charge on any atom is 0.354 e. The summed E-state index contributed by atoms with van der Waals surface area (Å²) in [5.74, 6) is 0.892. The highest BCUT2D eigenvalue weighted by atomic mass is 16.1. The Bertz CT molecular complexity index is 944. The van der Waals surface area contributed by atoms with Crippen LogP contribution < -0.4 is 14.8 Å². The molecule has 0 bridgehead atoms. The summed E-state index contributed by atoms with van der Waals surface area (Å²) in [4.78, 5) is 23.7. The number of aromatic amines is 1. The first-order valence-corrected chi connectivity index (χ1v) is 10.9. The van der Waals surface area contributed by atoms with Crippen molar-refractivity contribution < 1.29 is 9.13 Å². The van der Waals surface area contributed by atoms with Crippen molar-refractivity contribution in [3.05, 3.63) is 47.9 Å². The number of nitrogens with one attached hydrogen (secondary N) is 1. The molecule has 3 aromatic heterocycles. The fourth-order valence-electron chi connectivity index (χ4n) is 4.77. The van der Waals surface area contributed by atoms with Crippen molar-refractivity contribution in [1.82, 2.24) is 24.1 Å². The number of nitrogens with zero attached hydrogens (tertiary/aromatic N) is 6. The minimum absolute atomic E-state index is 0.388. The van der Waals surface area contributed by atoms with Crippen LogP contribution in [0.25, 0.3) is 11.9 Å². The van der Waals surface area contributed by atoms with Gasteiger partial charge in [-0.2, -0.15) is 9.13 Å². The Morgan fingerprint density at radius 3 is 1.97 bits per heavy atom. The van der Waals surface area contributed by atoms with E-state index in [9.17, 15) is 4.79 Å². The predicted octanol–water partition coefficient (Wildman–Crippen LogP) is 2.33. The summed E-state index contributed by atoms with van der Waals surface area (Å²) in [6, 6.07) is 1.07. The Balaban J connectivity index is 1.41. The molecule has 152 valence electrons. The van der Waals surface area contributed by atoms with Gasteiger partial charge in [-0.3, -0.25) is 4.98 Å². The van der Waals surface area contributed by atoms with E-state index in [-0.39, 0.29) is 5.69 Å². The molecule has 0 saturated heterocycles. The lowest BCUT2D eigenvalue weighted by Crippen LogP contribution is -2.38. The van der Waals surface area contributed by atoms with Crippen LogP contribution in [0.4, 0.5) is 0 Å². The third-order valence-corrected chi connectivity index (χ3v) is 6.41. The van der Waals surface area contributed by atoms with Crippen LogP contribution in [-0.4, -0.2) is 24.1 Å². The van der Waals surface area contributed by atoms with Gasteiger partial charge in [-0.1, -0.05) is 12.8 Å². The molecule has 1 N–H and O–H groups in total. The fourth-order valence-corrected chi connectivity index (χ4v) is 4.77.